The first-order valence-corrected chi connectivity index (χ1v) is 7.47. The van der Waals surface area contributed by atoms with Crippen molar-refractivity contribution in [1.29, 1.82) is 0 Å². The number of nitrogens with zero attached hydrogens (tertiary/aromatic N) is 1. The molecular weight excluding hydrogens is 396 g/mol. The van der Waals surface area contributed by atoms with Crippen LogP contribution in [0.15, 0.2) is 23.2 Å². The number of hydrogen-bond donors (Lipinski definition) is 2. The van der Waals surface area contributed by atoms with Crippen molar-refractivity contribution >= 4 is 29.9 Å². The predicted octanol–water partition coefficient (Wildman–Crippen LogP) is 3.40. The van der Waals surface area contributed by atoms with Crippen LogP contribution in [0.2, 0.25) is 0 Å². The lowest BCUT2D eigenvalue weighted by Crippen LogP contribution is -2.39. The first-order chi connectivity index (χ1) is 10.1. The number of aliphatic imine (C=N–C) groups is 1. The molecule has 0 bridgehead atoms. The fraction of sp³-hybridized carbons (Fsp3) is 0.562. The summed E-state index contributed by atoms with van der Waals surface area (Å²) in [4.78, 5) is 4.43. The van der Waals surface area contributed by atoms with E-state index in [1.54, 1.807) is 19.1 Å². The number of aryl methyl sites for hydroxylation is 1. The van der Waals surface area contributed by atoms with E-state index < -0.39 is 0 Å². The van der Waals surface area contributed by atoms with Crippen LogP contribution in [0.3, 0.4) is 0 Å². The second kappa shape index (κ2) is 11.6. The van der Waals surface area contributed by atoms with Gasteiger partial charge in [-0.05, 0) is 44.9 Å². The maximum Gasteiger partial charge on any atom is 0.191 e. The molecular formula is C16H27FIN3O. The molecule has 0 heterocycles. The minimum Gasteiger partial charge on any atom is -0.380 e. The van der Waals surface area contributed by atoms with Crippen LogP contribution >= 0.6 is 24.0 Å². The average molecular weight is 423 g/mol. The topological polar surface area (TPSA) is 45.7 Å². The monoisotopic (exact) mass is 423 g/mol. The van der Waals surface area contributed by atoms with Crippen LogP contribution in [0.5, 0.6) is 0 Å². The summed E-state index contributed by atoms with van der Waals surface area (Å²) in [5.74, 6) is 0.533. The summed E-state index contributed by atoms with van der Waals surface area (Å²) in [5.41, 5.74) is 1.55. The second-order valence-corrected chi connectivity index (χ2v) is 4.83. The van der Waals surface area contributed by atoms with Gasteiger partial charge >= 0.3 is 0 Å². The van der Waals surface area contributed by atoms with E-state index in [-0.39, 0.29) is 35.8 Å². The molecule has 2 N–H and O–H groups in total. The smallest absolute Gasteiger partial charge is 0.191 e. The lowest BCUT2D eigenvalue weighted by molar-refractivity contribution is 0.155. The molecule has 1 rings (SSSR count). The molecule has 126 valence electrons. The zero-order chi connectivity index (χ0) is 15.7. The molecule has 0 spiro atoms. The summed E-state index contributed by atoms with van der Waals surface area (Å²) in [6, 6.07) is 5.27. The van der Waals surface area contributed by atoms with Gasteiger partial charge in [0.15, 0.2) is 5.96 Å². The third-order valence-electron chi connectivity index (χ3n) is 3.10. The minimum absolute atomic E-state index is 0. The van der Waals surface area contributed by atoms with E-state index in [0.29, 0.717) is 31.3 Å². The molecule has 0 aliphatic carbocycles. The Morgan fingerprint density at radius 3 is 2.68 bits per heavy atom. The molecule has 0 fully saturated rings. The zero-order valence-electron chi connectivity index (χ0n) is 13.8. The van der Waals surface area contributed by atoms with Gasteiger partial charge in [-0.25, -0.2) is 4.39 Å². The maximum atomic E-state index is 13.6. The molecule has 1 atom stereocenters. The SMILES string of the molecule is CCNC(=NCCOCC)NC(C)c1ccc(C)c(F)c1.I. The molecule has 0 aliphatic rings. The van der Waals surface area contributed by atoms with E-state index >= 15 is 0 Å². The number of benzene rings is 1. The normalized spacial score (nSPS) is 12.5. The number of guanidine groups is 1. The van der Waals surface area contributed by atoms with Gasteiger partial charge in [0, 0.05) is 13.2 Å². The van der Waals surface area contributed by atoms with E-state index in [1.807, 2.05) is 26.8 Å². The zero-order valence-corrected chi connectivity index (χ0v) is 16.1. The summed E-state index contributed by atoms with van der Waals surface area (Å²) in [5, 5.41) is 6.45. The molecule has 0 aromatic heterocycles. The van der Waals surface area contributed by atoms with E-state index in [9.17, 15) is 4.39 Å². The number of hydrogen-bond acceptors (Lipinski definition) is 2. The highest BCUT2D eigenvalue weighted by Gasteiger charge is 2.09. The largest absolute Gasteiger partial charge is 0.380 e. The van der Waals surface area contributed by atoms with Crippen LogP contribution in [0.1, 0.15) is 37.9 Å². The Balaban J connectivity index is 0.00000441. The van der Waals surface area contributed by atoms with Crippen molar-refractivity contribution in [3.63, 3.8) is 0 Å². The van der Waals surface area contributed by atoms with Crippen molar-refractivity contribution in [2.45, 2.75) is 33.7 Å². The highest BCUT2D eigenvalue weighted by molar-refractivity contribution is 14.0. The van der Waals surface area contributed by atoms with Crippen LogP contribution < -0.4 is 10.6 Å². The Morgan fingerprint density at radius 2 is 2.09 bits per heavy atom. The Labute approximate surface area is 149 Å². The van der Waals surface area contributed by atoms with Crippen LogP contribution in [-0.4, -0.2) is 32.3 Å². The minimum atomic E-state index is -0.181. The summed E-state index contributed by atoms with van der Waals surface area (Å²) in [7, 11) is 0. The fourth-order valence-electron chi connectivity index (χ4n) is 1.85. The first kappa shape index (κ1) is 21.1. The van der Waals surface area contributed by atoms with E-state index in [1.165, 1.54) is 0 Å². The predicted molar refractivity (Wildman–Crippen MR) is 101 cm³/mol. The van der Waals surface area contributed by atoms with E-state index in [4.69, 9.17) is 4.74 Å². The van der Waals surface area contributed by atoms with Crippen molar-refractivity contribution in [3.8, 4) is 0 Å². The molecule has 0 amide bonds. The molecule has 0 radical (unpaired) electrons. The Morgan fingerprint density at radius 1 is 1.36 bits per heavy atom. The van der Waals surface area contributed by atoms with Gasteiger partial charge in [-0.3, -0.25) is 4.99 Å². The average Bonchev–Trinajstić information content (AvgIpc) is 2.46. The van der Waals surface area contributed by atoms with Crippen molar-refractivity contribution in [1.82, 2.24) is 10.6 Å². The third kappa shape index (κ3) is 7.40. The van der Waals surface area contributed by atoms with Gasteiger partial charge in [0.25, 0.3) is 0 Å². The Kier molecular flexibility index (Phi) is 11.2. The highest BCUT2D eigenvalue weighted by Crippen LogP contribution is 2.16. The molecule has 4 nitrogen and oxygen atoms in total. The van der Waals surface area contributed by atoms with Crippen molar-refractivity contribution in [2.24, 2.45) is 4.99 Å². The molecule has 1 aromatic carbocycles. The quantitative estimate of drug-likeness (QED) is 0.306. The Hall–Kier alpha value is -0.890. The first-order valence-electron chi connectivity index (χ1n) is 7.47. The van der Waals surface area contributed by atoms with E-state index in [2.05, 4.69) is 15.6 Å². The molecule has 22 heavy (non-hydrogen) atoms. The number of nitrogens with one attached hydrogen (secondary N) is 2. The molecule has 1 aromatic rings. The van der Waals surface area contributed by atoms with Crippen LogP contribution in [0.4, 0.5) is 4.39 Å². The summed E-state index contributed by atoms with van der Waals surface area (Å²) >= 11 is 0. The standard InChI is InChI=1S/C16H26FN3O.HI/c1-5-18-16(19-9-10-21-6-2)20-13(4)14-8-7-12(3)15(17)11-14;/h7-8,11,13H,5-6,9-10H2,1-4H3,(H2,18,19,20);1H. The van der Waals surface area contributed by atoms with Gasteiger partial charge in [0.05, 0.1) is 19.2 Å². The fourth-order valence-corrected chi connectivity index (χ4v) is 1.85. The van der Waals surface area contributed by atoms with Crippen LogP contribution in [0.25, 0.3) is 0 Å². The summed E-state index contributed by atoms with van der Waals surface area (Å²) in [6.07, 6.45) is 0. The van der Waals surface area contributed by atoms with Gasteiger partial charge in [-0.15, -0.1) is 24.0 Å². The lowest BCUT2D eigenvalue weighted by atomic mass is 10.1. The molecule has 0 aliphatic heterocycles. The second-order valence-electron chi connectivity index (χ2n) is 4.83. The summed E-state index contributed by atoms with van der Waals surface area (Å²) < 4.78 is 18.9. The van der Waals surface area contributed by atoms with Crippen molar-refractivity contribution < 1.29 is 9.13 Å². The number of ether oxygens (including phenoxy) is 1. The van der Waals surface area contributed by atoms with Gasteiger partial charge in [0.1, 0.15) is 5.82 Å². The molecule has 0 saturated carbocycles. The van der Waals surface area contributed by atoms with E-state index in [0.717, 1.165) is 12.1 Å². The van der Waals surface area contributed by atoms with Gasteiger partial charge in [-0.2, -0.15) is 0 Å². The van der Waals surface area contributed by atoms with Crippen LogP contribution in [0, 0.1) is 12.7 Å². The van der Waals surface area contributed by atoms with Crippen molar-refractivity contribution in [2.75, 3.05) is 26.3 Å². The number of halogens is 2. The summed E-state index contributed by atoms with van der Waals surface area (Å²) in [6.45, 7) is 10.4. The molecule has 0 saturated heterocycles. The van der Waals surface area contributed by atoms with Crippen molar-refractivity contribution in [3.05, 3.63) is 35.1 Å². The number of rotatable bonds is 7. The third-order valence-corrected chi connectivity index (χ3v) is 3.10. The molecule has 6 heteroatoms. The van der Waals surface area contributed by atoms with Crippen LogP contribution in [-0.2, 0) is 4.74 Å². The van der Waals surface area contributed by atoms with Gasteiger partial charge in [0.2, 0.25) is 0 Å². The maximum absolute atomic E-state index is 13.6. The highest BCUT2D eigenvalue weighted by atomic mass is 127. The molecule has 1 unspecified atom stereocenters. The lowest BCUT2D eigenvalue weighted by Gasteiger charge is -2.18. The van der Waals surface area contributed by atoms with Gasteiger partial charge in [-0.1, -0.05) is 12.1 Å². The Bertz CT molecular complexity index is 469. The van der Waals surface area contributed by atoms with Gasteiger partial charge < -0.3 is 15.4 Å².